The number of H-pyrrole nitrogens is 1. The van der Waals surface area contributed by atoms with E-state index in [2.05, 4.69) is 17.7 Å². The standard InChI is InChI=1S/C11H10N2OS/c14-8-9-1-3-10(4-2-9)11-7-13(12-11)5-6-15/h1-8,12,15H/b6-5-. The average molecular weight is 218 g/mol. The molecule has 0 saturated carbocycles. The summed E-state index contributed by atoms with van der Waals surface area (Å²) in [7, 11) is 0. The molecule has 0 spiro atoms. The largest absolute Gasteiger partial charge is 0.298 e. The van der Waals surface area contributed by atoms with Crippen LogP contribution in [0.3, 0.4) is 0 Å². The second kappa shape index (κ2) is 4.23. The molecule has 0 unspecified atom stereocenters. The minimum Gasteiger partial charge on any atom is -0.298 e. The maximum absolute atomic E-state index is 10.5. The molecule has 2 aromatic rings. The topological polar surface area (TPSA) is 37.8 Å². The minimum atomic E-state index is 0.686. The van der Waals surface area contributed by atoms with Crippen molar-refractivity contribution < 1.29 is 4.79 Å². The van der Waals surface area contributed by atoms with Gasteiger partial charge in [-0.1, -0.05) is 24.3 Å². The first kappa shape index (κ1) is 9.86. The smallest absolute Gasteiger partial charge is 0.150 e. The van der Waals surface area contributed by atoms with E-state index in [0.29, 0.717) is 5.56 Å². The molecule has 4 heteroatoms. The number of carbonyl (C=O) groups excluding carboxylic acids is 1. The van der Waals surface area contributed by atoms with Gasteiger partial charge in [-0.3, -0.25) is 14.6 Å². The summed E-state index contributed by atoms with van der Waals surface area (Å²) < 4.78 is 1.80. The van der Waals surface area contributed by atoms with Crippen molar-refractivity contribution in [2.75, 3.05) is 0 Å². The Morgan fingerprint density at radius 3 is 2.47 bits per heavy atom. The van der Waals surface area contributed by atoms with E-state index in [1.165, 1.54) is 0 Å². The molecule has 1 aromatic heterocycles. The quantitative estimate of drug-likeness (QED) is 0.603. The molecule has 0 bridgehead atoms. The number of nitrogens with one attached hydrogen (secondary N) is 1. The fourth-order valence-electron chi connectivity index (χ4n) is 1.31. The van der Waals surface area contributed by atoms with Crippen molar-refractivity contribution in [2.45, 2.75) is 0 Å². The van der Waals surface area contributed by atoms with Crippen LogP contribution in [0.2, 0.25) is 0 Å². The Morgan fingerprint density at radius 2 is 1.93 bits per heavy atom. The van der Waals surface area contributed by atoms with Crippen LogP contribution < -0.4 is 0 Å². The molecule has 76 valence electrons. The summed E-state index contributed by atoms with van der Waals surface area (Å²) in [6.07, 6.45) is 4.58. The van der Waals surface area contributed by atoms with Gasteiger partial charge in [0.25, 0.3) is 0 Å². The highest BCUT2D eigenvalue weighted by molar-refractivity contribution is 7.83. The first-order valence-corrected chi connectivity index (χ1v) is 4.98. The first-order chi connectivity index (χ1) is 7.33. The zero-order valence-corrected chi connectivity index (χ0v) is 8.82. The molecule has 0 saturated heterocycles. The number of benzene rings is 1. The van der Waals surface area contributed by atoms with Crippen LogP contribution in [0.15, 0.2) is 35.9 Å². The minimum absolute atomic E-state index is 0.686. The van der Waals surface area contributed by atoms with Gasteiger partial charge in [0.15, 0.2) is 0 Å². The molecule has 0 aliphatic carbocycles. The molecule has 2 rings (SSSR count). The van der Waals surface area contributed by atoms with E-state index in [4.69, 9.17) is 0 Å². The number of hydrogen-bond acceptors (Lipinski definition) is 2. The molecule has 0 radical (unpaired) electrons. The van der Waals surface area contributed by atoms with Gasteiger partial charge in [0.2, 0.25) is 0 Å². The molecular weight excluding hydrogens is 208 g/mol. The SMILES string of the molecule is O=Cc1ccc(-c2cn(/C=C\S)[nH]2)cc1. The molecule has 0 fully saturated rings. The summed E-state index contributed by atoms with van der Waals surface area (Å²) in [6.45, 7) is 0. The van der Waals surface area contributed by atoms with Crippen molar-refractivity contribution in [3.63, 3.8) is 0 Å². The maximum Gasteiger partial charge on any atom is 0.150 e. The lowest BCUT2D eigenvalue weighted by atomic mass is 10.1. The Kier molecular flexibility index (Phi) is 2.78. The zero-order valence-electron chi connectivity index (χ0n) is 7.92. The van der Waals surface area contributed by atoms with Crippen molar-refractivity contribution in [1.29, 1.82) is 0 Å². The van der Waals surface area contributed by atoms with Gasteiger partial charge in [0.1, 0.15) is 6.29 Å². The molecular formula is C11H10N2OS. The van der Waals surface area contributed by atoms with Crippen molar-refractivity contribution in [1.82, 2.24) is 9.78 Å². The Morgan fingerprint density at radius 1 is 1.27 bits per heavy atom. The van der Waals surface area contributed by atoms with Gasteiger partial charge in [0, 0.05) is 17.3 Å². The predicted octanol–water partition coefficient (Wildman–Crippen LogP) is 2.65. The molecule has 1 heterocycles. The van der Waals surface area contributed by atoms with Crippen molar-refractivity contribution in [2.24, 2.45) is 0 Å². The van der Waals surface area contributed by atoms with Gasteiger partial charge < -0.3 is 0 Å². The summed E-state index contributed by atoms with van der Waals surface area (Å²) in [6, 6.07) is 7.40. The Balaban J connectivity index is 2.19. The Labute approximate surface area is 92.8 Å². The van der Waals surface area contributed by atoms with E-state index in [-0.39, 0.29) is 0 Å². The lowest BCUT2D eigenvalue weighted by Gasteiger charge is -2.11. The highest BCUT2D eigenvalue weighted by atomic mass is 32.1. The van der Waals surface area contributed by atoms with Crippen LogP contribution in [-0.4, -0.2) is 16.1 Å². The summed E-state index contributed by atoms with van der Waals surface area (Å²) in [5.41, 5.74) is 2.77. The highest BCUT2D eigenvalue weighted by Gasteiger charge is 2.02. The van der Waals surface area contributed by atoms with E-state index in [9.17, 15) is 4.79 Å². The second-order valence-corrected chi connectivity index (χ2v) is 3.40. The Bertz CT molecular complexity index is 467. The third-order valence-corrected chi connectivity index (χ3v) is 2.24. The third kappa shape index (κ3) is 2.05. The number of aldehydes is 1. The molecule has 0 aliphatic heterocycles. The Hall–Kier alpha value is -1.68. The molecule has 0 aliphatic rings. The number of rotatable bonds is 3. The van der Waals surface area contributed by atoms with E-state index < -0.39 is 0 Å². The van der Waals surface area contributed by atoms with Gasteiger partial charge in [-0.05, 0) is 5.41 Å². The molecule has 0 amide bonds. The number of hydrogen-bond donors (Lipinski definition) is 2. The summed E-state index contributed by atoms with van der Waals surface area (Å²) in [5.74, 6) is 0. The summed E-state index contributed by atoms with van der Waals surface area (Å²) >= 11 is 3.96. The van der Waals surface area contributed by atoms with Crippen LogP contribution in [0.5, 0.6) is 0 Å². The van der Waals surface area contributed by atoms with Crippen molar-refractivity contribution in [3.8, 4) is 11.3 Å². The third-order valence-electron chi connectivity index (χ3n) is 2.10. The number of aromatic amines is 1. The first-order valence-electron chi connectivity index (χ1n) is 4.47. The van der Waals surface area contributed by atoms with Crippen LogP contribution in [-0.2, 0) is 0 Å². The monoisotopic (exact) mass is 218 g/mol. The van der Waals surface area contributed by atoms with Crippen LogP contribution in [0.1, 0.15) is 10.4 Å². The number of thiol groups is 1. The van der Waals surface area contributed by atoms with Gasteiger partial charge in [-0.2, -0.15) is 0 Å². The lowest BCUT2D eigenvalue weighted by molar-refractivity contribution is 0.112. The van der Waals surface area contributed by atoms with Crippen LogP contribution >= 0.6 is 12.6 Å². The molecule has 15 heavy (non-hydrogen) atoms. The summed E-state index contributed by atoms with van der Waals surface area (Å²) in [5, 5.41) is 4.75. The molecule has 1 aromatic carbocycles. The van der Waals surface area contributed by atoms with Crippen LogP contribution in [0, 0.1) is 0 Å². The zero-order chi connectivity index (χ0) is 10.7. The van der Waals surface area contributed by atoms with Gasteiger partial charge in [-0.15, -0.1) is 12.6 Å². The fourth-order valence-corrected chi connectivity index (χ4v) is 1.45. The van der Waals surface area contributed by atoms with Crippen molar-refractivity contribution >= 4 is 25.1 Å². The fraction of sp³-hybridized carbons (Fsp3) is 0. The molecule has 3 nitrogen and oxygen atoms in total. The second-order valence-electron chi connectivity index (χ2n) is 3.10. The van der Waals surface area contributed by atoms with Crippen LogP contribution in [0.4, 0.5) is 0 Å². The number of carbonyl (C=O) groups is 1. The molecule has 0 atom stereocenters. The maximum atomic E-state index is 10.5. The number of nitrogens with zero attached hydrogens (tertiary/aromatic N) is 1. The highest BCUT2D eigenvalue weighted by Crippen LogP contribution is 2.18. The van der Waals surface area contributed by atoms with Gasteiger partial charge >= 0.3 is 0 Å². The van der Waals surface area contributed by atoms with E-state index in [1.54, 1.807) is 28.4 Å². The van der Waals surface area contributed by atoms with Crippen LogP contribution in [0.25, 0.3) is 17.5 Å². The normalized spacial score (nSPS) is 11.0. The molecule has 1 N–H and O–H groups in total. The summed E-state index contributed by atoms with van der Waals surface area (Å²) in [4.78, 5) is 10.5. The number of aromatic nitrogens is 2. The van der Waals surface area contributed by atoms with Gasteiger partial charge in [0.05, 0.1) is 11.9 Å². The lowest BCUT2D eigenvalue weighted by Crippen LogP contribution is -2.03. The van der Waals surface area contributed by atoms with E-state index in [0.717, 1.165) is 17.5 Å². The predicted molar refractivity (Wildman–Crippen MR) is 63.9 cm³/mol. The average Bonchev–Trinajstić information content (AvgIpc) is 2.23. The van der Waals surface area contributed by atoms with E-state index >= 15 is 0 Å². The van der Waals surface area contributed by atoms with Crippen molar-refractivity contribution in [3.05, 3.63) is 41.4 Å². The van der Waals surface area contributed by atoms with E-state index in [1.807, 2.05) is 18.3 Å². The van der Waals surface area contributed by atoms with Gasteiger partial charge in [-0.25, -0.2) is 0 Å².